The average Bonchev–Trinajstić information content (AvgIpc) is 3.33. The molecule has 6 heteroatoms. The van der Waals surface area contributed by atoms with Crippen LogP contribution in [0.5, 0.6) is 0 Å². The molecular formula is C27H36N4O2. The molecule has 3 fully saturated rings. The maximum Gasteiger partial charge on any atom is 0.272 e. The van der Waals surface area contributed by atoms with Crippen molar-refractivity contribution in [3.05, 3.63) is 47.8 Å². The monoisotopic (exact) mass is 448 g/mol. The molecule has 2 bridgehead atoms. The summed E-state index contributed by atoms with van der Waals surface area (Å²) >= 11 is 0. The van der Waals surface area contributed by atoms with Gasteiger partial charge in [-0.15, -0.1) is 0 Å². The number of anilines is 1. The van der Waals surface area contributed by atoms with Gasteiger partial charge in [0.05, 0.1) is 0 Å². The first kappa shape index (κ1) is 22.2. The van der Waals surface area contributed by atoms with Crippen LogP contribution in [0.25, 0.3) is 0 Å². The van der Waals surface area contributed by atoms with E-state index in [0.29, 0.717) is 31.2 Å². The van der Waals surface area contributed by atoms with Gasteiger partial charge in [-0.05, 0) is 74.1 Å². The van der Waals surface area contributed by atoms with Gasteiger partial charge in [-0.25, -0.2) is 0 Å². The molecule has 2 aromatic rings. The number of aromatic nitrogens is 2. The quantitative estimate of drug-likeness (QED) is 0.694. The van der Waals surface area contributed by atoms with Crippen molar-refractivity contribution >= 4 is 17.5 Å². The number of piperidine rings is 1. The fourth-order valence-electron chi connectivity index (χ4n) is 6.46. The molecule has 6 nitrogen and oxygen atoms in total. The van der Waals surface area contributed by atoms with Crippen LogP contribution in [0.15, 0.2) is 36.5 Å². The molecule has 2 unspecified atom stereocenters. The molecule has 2 atom stereocenters. The zero-order chi connectivity index (χ0) is 22.8. The number of amides is 2. The van der Waals surface area contributed by atoms with Crippen molar-refractivity contribution in [2.75, 3.05) is 18.4 Å². The summed E-state index contributed by atoms with van der Waals surface area (Å²) in [4.78, 5) is 28.5. The Kier molecular flexibility index (Phi) is 6.52. The molecule has 1 saturated heterocycles. The standard InChI is InChI=1S/C27H36N4O2/c1-2-31-24(15-16-28-31)27(33)30-17-21-9-6-10-22(18-30)25(21)26(32)29-23-13-11-20(12-14-23)19-7-4-3-5-8-19/h11-16,19,21-22,25H,2-10,17-18H2,1H3,(H,29,32). The van der Waals surface area contributed by atoms with Gasteiger partial charge in [-0.3, -0.25) is 14.3 Å². The van der Waals surface area contributed by atoms with Gasteiger partial charge in [0.1, 0.15) is 5.69 Å². The second-order valence-corrected chi connectivity index (χ2v) is 10.2. The molecule has 1 N–H and O–H groups in total. The first-order valence-electron chi connectivity index (χ1n) is 12.9. The van der Waals surface area contributed by atoms with Crippen molar-refractivity contribution in [2.24, 2.45) is 17.8 Å². The van der Waals surface area contributed by atoms with E-state index in [-0.39, 0.29) is 29.6 Å². The van der Waals surface area contributed by atoms with E-state index in [1.165, 1.54) is 37.7 Å². The zero-order valence-corrected chi connectivity index (χ0v) is 19.7. The Bertz CT molecular complexity index is 962. The largest absolute Gasteiger partial charge is 0.337 e. The molecule has 1 aromatic carbocycles. The number of nitrogens with zero attached hydrogens (tertiary/aromatic N) is 3. The first-order valence-corrected chi connectivity index (χ1v) is 12.9. The van der Waals surface area contributed by atoms with Gasteiger partial charge in [0, 0.05) is 37.4 Å². The van der Waals surface area contributed by atoms with Crippen LogP contribution in [0.3, 0.4) is 0 Å². The van der Waals surface area contributed by atoms with Crippen LogP contribution in [-0.4, -0.2) is 39.6 Å². The summed E-state index contributed by atoms with van der Waals surface area (Å²) in [7, 11) is 0. The highest BCUT2D eigenvalue weighted by Gasteiger charge is 2.44. The second-order valence-electron chi connectivity index (χ2n) is 10.2. The van der Waals surface area contributed by atoms with Crippen LogP contribution < -0.4 is 5.32 Å². The summed E-state index contributed by atoms with van der Waals surface area (Å²) in [6, 6.07) is 10.3. The van der Waals surface area contributed by atoms with Gasteiger partial charge in [0.15, 0.2) is 0 Å². The number of benzene rings is 1. The maximum absolute atomic E-state index is 13.3. The number of rotatable bonds is 5. The summed E-state index contributed by atoms with van der Waals surface area (Å²) in [5, 5.41) is 7.46. The lowest BCUT2D eigenvalue weighted by atomic mass is 9.68. The third-order valence-electron chi connectivity index (χ3n) is 8.16. The van der Waals surface area contributed by atoms with Crippen molar-refractivity contribution < 1.29 is 9.59 Å². The van der Waals surface area contributed by atoms with E-state index in [2.05, 4.69) is 34.7 Å². The molecule has 3 aliphatic rings. The smallest absolute Gasteiger partial charge is 0.272 e. The highest BCUT2D eigenvalue weighted by Crippen LogP contribution is 2.41. The minimum Gasteiger partial charge on any atom is -0.337 e. The van der Waals surface area contributed by atoms with E-state index < -0.39 is 0 Å². The summed E-state index contributed by atoms with van der Waals surface area (Å²) in [6.45, 7) is 3.99. The van der Waals surface area contributed by atoms with Crippen LogP contribution >= 0.6 is 0 Å². The van der Waals surface area contributed by atoms with Crippen molar-refractivity contribution in [3.63, 3.8) is 0 Å². The number of carbonyl (C=O) groups is 2. The van der Waals surface area contributed by atoms with E-state index in [1.807, 2.05) is 11.8 Å². The van der Waals surface area contributed by atoms with E-state index >= 15 is 0 Å². The minimum atomic E-state index is -0.0168. The van der Waals surface area contributed by atoms with Gasteiger partial charge >= 0.3 is 0 Å². The molecule has 5 rings (SSSR count). The molecule has 2 amide bonds. The molecular weight excluding hydrogens is 412 g/mol. The number of carbonyl (C=O) groups excluding carboxylic acids is 2. The van der Waals surface area contributed by atoms with Crippen molar-refractivity contribution in [1.82, 2.24) is 14.7 Å². The number of hydrogen-bond donors (Lipinski definition) is 1. The van der Waals surface area contributed by atoms with Gasteiger partial charge < -0.3 is 10.2 Å². The van der Waals surface area contributed by atoms with Gasteiger partial charge in [0.2, 0.25) is 5.91 Å². The SMILES string of the molecule is CCn1nccc1C(=O)N1CC2CCCC(C1)C2C(=O)Nc1ccc(C2CCCCC2)cc1. The van der Waals surface area contributed by atoms with E-state index in [1.54, 1.807) is 16.9 Å². The summed E-state index contributed by atoms with van der Waals surface area (Å²) < 4.78 is 1.76. The number of hydrogen-bond acceptors (Lipinski definition) is 3. The fourth-order valence-corrected chi connectivity index (χ4v) is 6.46. The molecule has 33 heavy (non-hydrogen) atoms. The van der Waals surface area contributed by atoms with Gasteiger partial charge in [-0.2, -0.15) is 5.10 Å². The third kappa shape index (κ3) is 4.57. The Morgan fingerprint density at radius 2 is 1.64 bits per heavy atom. The third-order valence-corrected chi connectivity index (χ3v) is 8.16. The highest BCUT2D eigenvalue weighted by atomic mass is 16.2. The lowest BCUT2D eigenvalue weighted by Gasteiger charge is -2.46. The molecule has 2 saturated carbocycles. The Balaban J connectivity index is 1.24. The van der Waals surface area contributed by atoms with Crippen molar-refractivity contribution in [3.8, 4) is 0 Å². The van der Waals surface area contributed by atoms with Crippen LogP contribution in [0.4, 0.5) is 5.69 Å². The van der Waals surface area contributed by atoms with E-state index in [9.17, 15) is 9.59 Å². The number of nitrogens with one attached hydrogen (secondary N) is 1. The predicted octanol–water partition coefficient (Wildman–Crippen LogP) is 5.08. The van der Waals surface area contributed by atoms with Crippen LogP contribution in [-0.2, 0) is 11.3 Å². The van der Waals surface area contributed by atoms with Gasteiger partial charge in [-0.1, -0.05) is 37.8 Å². The van der Waals surface area contributed by atoms with Crippen LogP contribution in [0, 0.1) is 17.8 Å². The Morgan fingerprint density at radius 3 is 2.30 bits per heavy atom. The molecule has 0 radical (unpaired) electrons. The van der Waals surface area contributed by atoms with Gasteiger partial charge in [0.25, 0.3) is 5.91 Å². The first-order chi connectivity index (χ1) is 16.1. The minimum absolute atomic E-state index is 0.0168. The molecule has 176 valence electrons. The Morgan fingerprint density at radius 1 is 0.939 bits per heavy atom. The lowest BCUT2D eigenvalue weighted by Crippen LogP contribution is -2.54. The molecule has 1 aromatic heterocycles. The summed E-state index contributed by atoms with van der Waals surface area (Å²) in [6.07, 6.45) is 11.4. The Labute approximate surface area is 196 Å². The van der Waals surface area contributed by atoms with Crippen molar-refractivity contribution in [2.45, 2.75) is 70.8 Å². The second kappa shape index (κ2) is 9.70. The Hall–Kier alpha value is -2.63. The molecule has 2 heterocycles. The number of aryl methyl sites for hydroxylation is 1. The normalized spacial score (nSPS) is 25.6. The maximum atomic E-state index is 13.3. The number of fused-ring (bicyclic) bond motifs is 2. The van der Waals surface area contributed by atoms with Crippen molar-refractivity contribution in [1.29, 1.82) is 0 Å². The summed E-state index contributed by atoms with van der Waals surface area (Å²) in [5.74, 6) is 1.27. The molecule has 2 aliphatic carbocycles. The lowest BCUT2D eigenvalue weighted by molar-refractivity contribution is -0.127. The molecule has 1 aliphatic heterocycles. The highest BCUT2D eigenvalue weighted by molar-refractivity contribution is 5.95. The topological polar surface area (TPSA) is 67.2 Å². The van der Waals surface area contributed by atoms with E-state index in [0.717, 1.165) is 24.9 Å². The summed E-state index contributed by atoms with van der Waals surface area (Å²) in [5.41, 5.74) is 2.95. The fraction of sp³-hybridized carbons (Fsp3) is 0.593. The molecule has 0 spiro atoms. The number of likely N-dealkylation sites (tertiary alicyclic amines) is 1. The zero-order valence-electron chi connectivity index (χ0n) is 19.7. The van der Waals surface area contributed by atoms with Crippen LogP contribution in [0.2, 0.25) is 0 Å². The van der Waals surface area contributed by atoms with E-state index in [4.69, 9.17) is 0 Å². The predicted molar refractivity (Wildman–Crippen MR) is 129 cm³/mol. The van der Waals surface area contributed by atoms with Crippen LogP contribution in [0.1, 0.15) is 80.3 Å². The average molecular weight is 449 g/mol.